The molecule has 0 radical (unpaired) electrons. The molecule has 59 heavy (non-hydrogen) atoms. The number of anilines is 1. The predicted molar refractivity (Wildman–Crippen MR) is 235 cm³/mol. The van der Waals surface area contributed by atoms with Gasteiger partial charge in [0.1, 0.15) is 17.8 Å². The number of aryl methyl sites for hydroxylation is 5. The molecule has 306 valence electrons. The van der Waals surface area contributed by atoms with Crippen LogP contribution in [0.2, 0.25) is 10.0 Å². The fourth-order valence-electron chi connectivity index (χ4n) is 9.02. The van der Waals surface area contributed by atoms with Crippen LogP contribution in [0.25, 0.3) is 44.3 Å². The van der Waals surface area contributed by atoms with Gasteiger partial charge in [-0.3, -0.25) is 14.2 Å². The zero-order chi connectivity index (χ0) is 41.3. The summed E-state index contributed by atoms with van der Waals surface area (Å²) in [4.78, 5) is 22.1. The third kappa shape index (κ3) is 7.00. The summed E-state index contributed by atoms with van der Waals surface area (Å²) in [5, 5.41) is 13.0. The molecule has 0 saturated heterocycles. The maximum Gasteiger partial charge on any atom is 0.275 e. The zero-order valence-corrected chi connectivity index (χ0v) is 36.3. The van der Waals surface area contributed by atoms with E-state index in [1.807, 2.05) is 66.6 Å². The number of ether oxygens (including phenoxy) is 2. The Morgan fingerprint density at radius 3 is 2.42 bits per heavy atom. The van der Waals surface area contributed by atoms with Gasteiger partial charge in [0.2, 0.25) is 0 Å². The van der Waals surface area contributed by atoms with Crippen LogP contribution >= 0.6 is 23.2 Å². The van der Waals surface area contributed by atoms with Crippen molar-refractivity contribution in [3.8, 4) is 28.3 Å². The summed E-state index contributed by atoms with van der Waals surface area (Å²) in [5.41, 5.74) is 11.2. The number of hydrogen-bond donors (Lipinski definition) is 0. The Morgan fingerprint density at radius 2 is 1.71 bits per heavy atom. The van der Waals surface area contributed by atoms with Gasteiger partial charge in [-0.15, -0.1) is 0 Å². The van der Waals surface area contributed by atoms with E-state index in [9.17, 15) is 0 Å². The Hall–Kier alpha value is -5.10. The molecular formula is C46H50Cl2N8O3. The summed E-state index contributed by atoms with van der Waals surface area (Å²) in [7, 11) is 3.67. The number of nitrogens with zero attached hydrogens (tertiary/aromatic N) is 8. The van der Waals surface area contributed by atoms with Crippen molar-refractivity contribution in [3.05, 3.63) is 98.8 Å². The molecule has 11 nitrogen and oxygen atoms in total. The number of aromatic nitrogens is 7. The molecule has 0 N–H and O–H groups in total. The van der Waals surface area contributed by atoms with Crippen LogP contribution in [0.1, 0.15) is 70.8 Å². The van der Waals surface area contributed by atoms with Gasteiger partial charge >= 0.3 is 0 Å². The molecule has 0 unspecified atom stereocenters. The molecule has 1 atom stereocenters. The number of fused-ring (bicyclic) bond motifs is 4. The van der Waals surface area contributed by atoms with E-state index in [1.54, 1.807) is 7.11 Å². The second kappa shape index (κ2) is 15.5. The van der Waals surface area contributed by atoms with E-state index in [2.05, 4.69) is 53.4 Å². The van der Waals surface area contributed by atoms with Gasteiger partial charge in [0.25, 0.3) is 5.91 Å². The third-order valence-corrected chi connectivity index (χ3v) is 13.1. The van der Waals surface area contributed by atoms with Crippen LogP contribution in [0.5, 0.6) is 5.75 Å². The first-order valence-corrected chi connectivity index (χ1v) is 21.3. The summed E-state index contributed by atoms with van der Waals surface area (Å²) in [6, 6.07) is 14.2. The summed E-state index contributed by atoms with van der Waals surface area (Å²) in [5.74, 6) is 2.11. The van der Waals surface area contributed by atoms with Gasteiger partial charge < -0.3 is 23.5 Å². The molecule has 2 aliphatic rings. The van der Waals surface area contributed by atoms with Gasteiger partial charge in [-0.25, -0.2) is 4.98 Å². The largest absolute Gasteiger partial charge is 0.494 e. The quantitative estimate of drug-likeness (QED) is 0.107. The normalized spacial score (nSPS) is 15.6. The van der Waals surface area contributed by atoms with Crippen molar-refractivity contribution in [2.24, 2.45) is 13.0 Å². The van der Waals surface area contributed by atoms with Crippen LogP contribution < -0.4 is 9.64 Å². The lowest BCUT2D eigenvalue weighted by atomic mass is 9.98. The maximum atomic E-state index is 15.5. The minimum Gasteiger partial charge on any atom is -0.494 e. The fourth-order valence-corrected chi connectivity index (χ4v) is 9.38. The first-order valence-electron chi connectivity index (χ1n) is 20.5. The molecular weight excluding hydrogens is 783 g/mol. The molecule has 4 aromatic heterocycles. The van der Waals surface area contributed by atoms with E-state index in [0.717, 1.165) is 89.6 Å². The minimum absolute atomic E-state index is 0.0519. The van der Waals surface area contributed by atoms with Gasteiger partial charge in [-0.2, -0.15) is 10.2 Å². The predicted octanol–water partition coefficient (Wildman–Crippen LogP) is 10.1. The Bertz CT molecular complexity index is 2750. The summed E-state index contributed by atoms with van der Waals surface area (Å²) in [6.07, 6.45) is 7.74. The van der Waals surface area contributed by atoms with E-state index >= 15 is 4.79 Å². The number of carbonyl (C=O) groups is 1. The molecule has 3 aromatic carbocycles. The monoisotopic (exact) mass is 832 g/mol. The van der Waals surface area contributed by atoms with E-state index < -0.39 is 0 Å². The Kier molecular flexibility index (Phi) is 10.3. The standard InChI is InChI=1S/C46H50Cl2N8O3/c1-26-19-33(20-27(2)42(26)48)59-17-8-9-34-35-13-14-37(47)41(40-29(4)50-52(6)30(40)5)43(35)56-28(3)22-55(46(57)44(34)56)39-24-53(16-18-58-7)38-15-12-32(21-36(38)39)45-49-25-54(51-45)23-31-10-11-31/h12-15,19-21,24-25,28,31H,8-11,16-18,22-23H2,1-7H3/t28-/m1/s1. The minimum atomic E-state index is -0.0925. The molecule has 7 aromatic rings. The Balaban J connectivity index is 1.16. The zero-order valence-electron chi connectivity index (χ0n) is 34.8. The van der Waals surface area contributed by atoms with E-state index in [-0.39, 0.29) is 11.9 Å². The number of amides is 1. The van der Waals surface area contributed by atoms with Crippen molar-refractivity contribution in [2.75, 3.05) is 31.8 Å². The SMILES string of the molecule is COCCn1cc(N2C[C@@H](C)n3c(c(CCCOc4cc(C)c(Cl)c(C)c4)c4ccc(Cl)c(-c5c(C)nn(C)c5C)c43)C2=O)c2cc(-c3ncn(CC4CC4)n3)ccc21. The highest BCUT2D eigenvalue weighted by molar-refractivity contribution is 6.35. The molecule has 5 heterocycles. The number of methoxy groups -OCH3 is 1. The van der Waals surface area contributed by atoms with Crippen LogP contribution in [0.15, 0.2) is 55.0 Å². The number of halogens is 2. The van der Waals surface area contributed by atoms with E-state index in [1.165, 1.54) is 12.8 Å². The molecule has 0 spiro atoms. The molecule has 13 heteroatoms. The Labute approximate surface area is 354 Å². The molecule has 1 fully saturated rings. The lowest BCUT2D eigenvalue weighted by molar-refractivity contribution is 0.0957. The van der Waals surface area contributed by atoms with Crippen LogP contribution in [0.3, 0.4) is 0 Å². The second-order valence-electron chi connectivity index (χ2n) is 16.4. The maximum absolute atomic E-state index is 15.5. The average molecular weight is 834 g/mol. The van der Waals surface area contributed by atoms with Gasteiger partial charge in [0.15, 0.2) is 5.82 Å². The van der Waals surface area contributed by atoms with Crippen LogP contribution in [-0.4, -0.2) is 66.5 Å². The van der Waals surface area contributed by atoms with Crippen molar-refractivity contribution in [1.29, 1.82) is 0 Å². The van der Waals surface area contributed by atoms with Crippen LogP contribution in [0.4, 0.5) is 5.69 Å². The highest BCUT2D eigenvalue weighted by Gasteiger charge is 2.38. The van der Waals surface area contributed by atoms with Crippen molar-refractivity contribution < 1.29 is 14.3 Å². The van der Waals surface area contributed by atoms with Crippen LogP contribution in [-0.2, 0) is 31.3 Å². The van der Waals surface area contributed by atoms with Gasteiger partial charge in [0, 0.05) is 84.2 Å². The molecule has 0 bridgehead atoms. The first-order chi connectivity index (χ1) is 28.4. The molecule has 1 amide bonds. The molecule has 1 saturated carbocycles. The van der Waals surface area contributed by atoms with Crippen LogP contribution in [0, 0.1) is 33.6 Å². The number of hydrogen-bond acceptors (Lipinski definition) is 6. The number of carbonyl (C=O) groups excluding carboxylic acids is 1. The van der Waals surface area contributed by atoms with E-state index in [4.69, 9.17) is 47.9 Å². The third-order valence-electron chi connectivity index (χ3n) is 12.2. The van der Waals surface area contributed by atoms with Crippen molar-refractivity contribution in [3.63, 3.8) is 0 Å². The van der Waals surface area contributed by atoms with Gasteiger partial charge in [-0.05, 0) is 119 Å². The summed E-state index contributed by atoms with van der Waals surface area (Å²) >= 11 is 13.6. The van der Waals surface area contributed by atoms with Gasteiger partial charge in [-0.1, -0.05) is 29.3 Å². The second-order valence-corrected chi connectivity index (χ2v) is 17.2. The van der Waals surface area contributed by atoms with Crippen molar-refractivity contribution in [2.45, 2.75) is 79.4 Å². The summed E-state index contributed by atoms with van der Waals surface area (Å²) < 4.78 is 20.1. The summed E-state index contributed by atoms with van der Waals surface area (Å²) in [6.45, 7) is 13.3. The van der Waals surface area contributed by atoms with Gasteiger partial charge in [0.05, 0.1) is 40.7 Å². The molecule has 1 aliphatic heterocycles. The lowest BCUT2D eigenvalue weighted by Crippen LogP contribution is -2.42. The average Bonchev–Trinajstić information content (AvgIpc) is 3.50. The fraction of sp³-hybridized carbons (Fsp3) is 0.391. The lowest BCUT2D eigenvalue weighted by Gasteiger charge is -2.34. The topological polar surface area (TPSA) is 97.2 Å². The number of rotatable bonds is 13. The van der Waals surface area contributed by atoms with E-state index in [0.29, 0.717) is 61.6 Å². The Morgan fingerprint density at radius 1 is 0.932 bits per heavy atom. The highest BCUT2D eigenvalue weighted by atomic mass is 35.5. The number of benzene rings is 3. The van der Waals surface area contributed by atoms with Crippen molar-refractivity contribution in [1.82, 2.24) is 33.7 Å². The highest BCUT2D eigenvalue weighted by Crippen LogP contribution is 2.46. The molecule has 9 rings (SSSR count). The first kappa shape index (κ1) is 39.4. The smallest absolute Gasteiger partial charge is 0.275 e. The molecule has 1 aliphatic carbocycles. The van der Waals surface area contributed by atoms with Crippen molar-refractivity contribution >= 4 is 56.6 Å².